The Labute approximate surface area is 186 Å². The lowest BCUT2D eigenvalue weighted by Crippen LogP contribution is -2.40. The Bertz CT molecular complexity index is 948. The first-order valence-corrected chi connectivity index (χ1v) is 9.97. The molecule has 0 fully saturated rings. The van der Waals surface area contributed by atoms with Crippen molar-refractivity contribution >= 4 is 51.3 Å². The zero-order valence-electron chi connectivity index (χ0n) is 14.9. The number of nitrogens with zero attached hydrogens (tertiary/aromatic N) is 1. The van der Waals surface area contributed by atoms with Gasteiger partial charge < -0.3 is 9.47 Å². The molecule has 29 heavy (non-hydrogen) atoms. The van der Waals surface area contributed by atoms with E-state index in [1.165, 1.54) is 6.21 Å². The molecule has 0 saturated heterocycles. The van der Waals surface area contributed by atoms with E-state index in [0.29, 0.717) is 21.5 Å². The van der Waals surface area contributed by atoms with Crippen molar-refractivity contribution in [3.63, 3.8) is 0 Å². The lowest BCUT2D eigenvalue weighted by atomic mass is 10.2. The molecule has 3 aromatic carbocycles. The van der Waals surface area contributed by atoms with Gasteiger partial charge in [0.05, 0.1) is 6.21 Å². The van der Waals surface area contributed by atoms with E-state index in [1.54, 1.807) is 48.5 Å². The van der Waals surface area contributed by atoms with Gasteiger partial charge in [-0.2, -0.15) is 5.10 Å². The van der Waals surface area contributed by atoms with Crippen LogP contribution in [0.5, 0.6) is 11.5 Å². The largest absolute Gasteiger partial charge is 0.446 e. The molecule has 1 N–H and O–H groups in total. The number of rotatable bonds is 7. The minimum atomic E-state index is -1.28. The average Bonchev–Trinajstić information content (AvgIpc) is 2.71. The molecule has 0 spiro atoms. The Balaban J connectivity index is 1.72. The molecule has 0 saturated carbocycles. The fourth-order valence-electron chi connectivity index (χ4n) is 2.21. The summed E-state index contributed by atoms with van der Waals surface area (Å²) in [6, 6.07) is 20.6. The van der Waals surface area contributed by atoms with Crippen LogP contribution >= 0.6 is 39.1 Å². The highest BCUT2D eigenvalue weighted by atomic mass is 79.9. The molecule has 0 bridgehead atoms. The first-order chi connectivity index (χ1) is 14.0. The summed E-state index contributed by atoms with van der Waals surface area (Å²) in [5.41, 5.74) is 3.24. The Kier molecular flexibility index (Phi) is 7.52. The molecule has 0 atom stereocenters. The lowest BCUT2D eigenvalue weighted by Gasteiger charge is -2.19. The summed E-state index contributed by atoms with van der Waals surface area (Å²) in [5, 5.41) is 5.07. The highest BCUT2D eigenvalue weighted by molar-refractivity contribution is 9.10. The third-order valence-corrected chi connectivity index (χ3v) is 4.56. The van der Waals surface area contributed by atoms with Gasteiger partial charge in [-0.3, -0.25) is 4.79 Å². The minimum Gasteiger partial charge on any atom is -0.446 e. The number of ether oxygens (including phenoxy) is 2. The number of hydrogen-bond donors (Lipinski definition) is 1. The Morgan fingerprint density at radius 2 is 1.48 bits per heavy atom. The van der Waals surface area contributed by atoms with Crippen LogP contribution in [0.3, 0.4) is 0 Å². The summed E-state index contributed by atoms with van der Waals surface area (Å²) in [6.07, 6.45) is 0.238. The number of carbonyl (C=O) groups is 1. The smallest absolute Gasteiger partial charge is 0.323 e. The third-order valence-electron chi connectivity index (χ3n) is 3.56. The van der Waals surface area contributed by atoms with Gasteiger partial charge in [-0.05, 0) is 66.2 Å². The van der Waals surface area contributed by atoms with Crippen LogP contribution in [0, 0.1) is 0 Å². The van der Waals surface area contributed by atoms with Crippen molar-refractivity contribution in [3.8, 4) is 11.5 Å². The molecule has 3 aromatic rings. The van der Waals surface area contributed by atoms with E-state index in [2.05, 4.69) is 26.5 Å². The molecule has 148 valence electrons. The van der Waals surface area contributed by atoms with E-state index in [0.717, 1.165) is 10.0 Å². The number of benzene rings is 3. The van der Waals surface area contributed by atoms with Gasteiger partial charge in [0.1, 0.15) is 11.5 Å². The topological polar surface area (TPSA) is 59.9 Å². The first-order valence-electron chi connectivity index (χ1n) is 8.42. The number of halogens is 3. The second kappa shape index (κ2) is 10.3. The fourth-order valence-corrected chi connectivity index (χ4v) is 2.88. The molecule has 0 heterocycles. The second-order valence-corrected chi connectivity index (χ2v) is 7.55. The zero-order chi connectivity index (χ0) is 20.6. The highest BCUT2D eigenvalue weighted by Gasteiger charge is 2.22. The van der Waals surface area contributed by atoms with Crippen LogP contribution in [0.2, 0.25) is 10.0 Å². The third kappa shape index (κ3) is 6.78. The van der Waals surface area contributed by atoms with Gasteiger partial charge in [-0.15, -0.1) is 0 Å². The minimum absolute atomic E-state index is 0.416. The molecule has 0 unspecified atom stereocenters. The van der Waals surface area contributed by atoms with Crippen LogP contribution in [-0.2, 0) is 4.79 Å². The monoisotopic (exact) mass is 492 g/mol. The summed E-state index contributed by atoms with van der Waals surface area (Å²) in [7, 11) is 0. The summed E-state index contributed by atoms with van der Waals surface area (Å²) >= 11 is 15.2. The molecule has 1 amide bonds. The number of hydrogen-bond acceptors (Lipinski definition) is 4. The van der Waals surface area contributed by atoms with E-state index >= 15 is 0 Å². The Morgan fingerprint density at radius 1 is 0.931 bits per heavy atom. The zero-order valence-corrected chi connectivity index (χ0v) is 18.0. The maximum atomic E-state index is 12.6. The summed E-state index contributed by atoms with van der Waals surface area (Å²) in [4.78, 5) is 12.6. The molecule has 8 heteroatoms. The van der Waals surface area contributed by atoms with E-state index in [4.69, 9.17) is 32.7 Å². The molecular formula is C21H15BrCl2N2O3. The van der Waals surface area contributed by atoms with Crippen molar-refractivity contribution in [2.24, 2.45) is 5.10 Å². The van der Waals surface area contributed by atoms with Crippen LogP contribution in [0.4, 0.5) is 0 Å². The van der Waals surface area contributed by atoms with Crippen molar-refractivity contribution in [3.05, 3.63) is 92.9 Å². The number of amides is 1. The van der Waals surface area contributed by atoms with Crippen LogP contribution in [0.25, 0.3) is 0 Å². The molecule has 0 aliphatic heterocycles. The van der Waals surface area contributed by atoms with Crippen molar-refractivity contribution in [2.45, 2.75) is 6.29 Å². The fraction of sp³-hybridized carbons (Fsp3) is 0.0476. The SMILES string of the molecule is O=C(NN=Cc1cccc(Br)c1)C(Oc1ccc(Cl)cc1)Oc1ccc(Cl)cc1. The van der Waals surface area contributed by atoms with Crippen LogP contribution < -0.4 is 14.9 Å². The summed E-state index contributed by atoms with van der Waals surface area (Å²) in [5.74, 6) is 0.250. The van der Waals surface area contributed by atoms with E-state index < -0.39 is 12.2 Å². The van der Waals surface area contributed by atoms with Crippen molar-refractivity contribution in [2.75, 3.05) is 0 Å². The van der Waals surface area contributed by atoms with Gasteiger partial charge in [0, 0.05) is 14.5 Å². The molecule has 0 radical (unpaired) electrons. The summed E-state index contributed by atoms with van der Waals surface area (Å²) in [6.45, 7) is 0. The second-order valence-electron chi connectivity index (χ2n) is 5.76. The Morgan fingerprint density at radius 3 is 2.00 bits per heavy atom. The maximum Gasteiger partial charge on any atom is 0.323 e. The lowest BCUT2D eigenvalue weighted by molar-refractivity contribution is -0.140. The molecule has 0 aliphatic rings. The first kappa shape index (κ1) is 21.2. The van der Waals surface area contributed by atoms with Crippen molar-refractivity contribution < 1.29 is 14.3 Å². The molecule has 0 aromatic heterocycles. The van der Waals surface area contributed by atoms with Crippen LogP contribution in [0.15, 0.2) is 82.4 Å². The number of carbonyl (C=O) groups excluding carboxylic acids is 1. The molecule has 0 aliphatic carbocycles. The van der Waals surface area contributed by atoms with Gasteiger partial charge in [-0.25, -0.2) is 5.43 Å². The standard InChI is InChI=1S/C21H15BrCl2N2O3/c22-15-3-1-2-14(12-15)13-25-26-20(27)21(28-18-8-4-16(23)5-9-18)29-19-10-6-17(24)7-11-19/h1-13,21H,(H,26,27). The molecular weight excluding hydrogens is 479 g/mol. The number of nitrogens with one attached hydrogen (secondary N) is 1. The van der Waals surface area contributed by atoms with Crippen LogP contribution in [0.1, 0.15) is 5.56 Å². The van der Waals surface area contributed by atoms with Gasteiger partial charge >= 0.3 is 12.2 Å². The van der Waals surface area contributed by atoms with E-state index in [9.17, 15) is 4.79 Å². The molecule has 5 nitrogen and oxygen atoms in total. The van der Waals surface area contributed by atoms with Crippen molar-refractivity contribution in [1.29, 1.82) is 0 Å². The summed E-state index contributed by atoms with van der Waals surface area (Å²) < 4.78 is 12.3. The van der Waals surface area contributed by atoms with Crippen molar-refractivity contribution in [1.82, 2.24) is 5.43 Å². The van der Waals surface area contributed by atoms with E-state index in [-0.39, 0.29) is 0 Å². The molecule has 3 rings (SSSR count). The maximum absolute atomic E-state index is 12.6. The van der Waals surface area contributed by atoms with E-state index in [1.807, 2.05) is 24.3 Å². The highest BCUT2D eigenvalue weighted by Crippen LogP contribution is 2.20. The van der Waals surface area contributed by atoms with Gasteiger partial charge in [-0.1, -0.05) is 51.3 Å². The van der Waals surface area contributed by atoms with Gasteiger partial charge in [0.15, 0.2) is 0 Å². The van der Waals surface area contributed by atoms with Gasteiger partial charge in [0.2, 0.25) is 0 Å². The predicted molar refractivity (Wildman–Crippen MR) is 118 cm³/mol. The van der Waals surface area contributed by atoms with Crippen LogP contribution in [-0.4, -0.2) is 18.4 Å². The normalized spacial score (nSPS) is 10.9. The Hall–Kier alpha value is -2.54. The van der Waals surface area contributed by atoms with Gasteiger partial charge in [0.25, 0.3) is 0 Å². The quantitative estimate of drug-likeness (QED) is 0.261. The predicted octanol–water partition coefficient (Wildman–Crippen LogP) is 5.69. The average molecular weight is 494 g/mol. The number of hydrazone groups is 1.